The van der Waals surface area contributed by atoms with Gasteiger partial charge in [-0.05, 0) is 48.9 Å². The number of halogens is 4. The van der Waals surface area contributed by atoms with Crippen molar-refractivity contribution in [2.24, 2.45) is 11.7 Å². The van der Waals surface area contributed by atoms with Gasteiger partial charge in [0.15, 0.2) is 5.78 Å². The summed E-state index contributed by atoms with van der Waals surface area (Å²) in [6, 6.07) is 19.0. The maximum Gasteiger partial charge on any atom is 0.416 e. The van der Waals surface area contributed by atoms with Gasteiger partial charge in [0.2, 0.25) is 5.91 Å². The summed E-state index contributed by atoms with van der Waals surface area (Å²) in [5.74, 6) is -2.69. The van der Waals surface area contributed by atoms with Gasteiger partial charge in [-0.25, -0.2) is 9.07 Å². The predicted molar refractivity (Wildman–Crippen MR) is 163 cm³/mol. The minimum absolute atomic E-state index is 0. The van der Waals surface area contributed by atoms with Crippen LogP contribution in [0.2, 0.25) is 0 Å². The minimum atomic E-state index is -4.62. The monoisotopic (exact) mass is 618 g/mol. The van der Waals surface area contributed by atoms with Crippen molar-refractivity contribution in [3.63, 3.8) is 0 Å². The lowest BCUT2D eigenvalue weighted by molar-refractivity contribution is -0.137. The summed E-state index contributed by atoms with van der Waals surface area (Å²) in [5, 5.41) is 4.73. The number of benzene rings is 3. The van der Waals surface area contributed by atoms with Crippen LogP contribution in [0.5, 0.6) is 0 Å². The van der Waals surface area contributed by atoms with Crippen molar-refractivity contribution >= 4 is 44.5 Å². The molecule has 4 aromatic rings. The summed E-state index contributed by atoms with van der Waals surface area (Å²) in [7, 11) is 0. The van der Waals surface area contributed by atoms with E-state index in [1.807, 2.05) is 30.3 Å². The summed E-state index contributed by atoms with van der Waals surface area (Å²) in [6.07, 6.45) is -4.98. The van der Waals surface area contributed by atoms with E-state index in [1.54, 1.807) is 23.7 Å². The van der Waals surface area contributed by atoms with Crippen molar-refractivity contribution in [2.75, 3.05) is 18.0 Å². The van der Waals surface area contributed by atoms with Gasteiger partial charge in [0.05, 0.1) is 22.9 Å². The number of aromatic nitrogens is 2. The number of nitrogens with two attached hydrogens (primary N) is 1. The fourth-order valence-corrected chi connectivity index (χ4v) is 5.35. The van der Waals surface area contributed by atoms with Crippen LogP contribution in [0, 0.1) is 18.7 Å². The topological polar surface area (TPSA) is 81.2 Å². The van der Waals surface area contributed by atoms with Crippen LogP contribution in [0.15, 0.2) is 78.9 Å². The maximum absolute atomic E-state index is 14.1. The molecule has 2 heterocycles. The molecular formula is C30H30F4N4O2S2. The Bertz CT molecular complexity index is 1560. The number of carbonyl (C=O) groups excluding carboxylic acids is 2. The van der Waals surface area contributed by atoms with Gasteiger partial charge in [-0.2, -0.15) is 45.3 Å². The minimum Gasteiger partial charge on any atom is -0.329 e. The van der Waals surface area contributed by atoms with Crippen molar-refractivity contribution in [2.45, 2.75) is 25.4 Å². The molecule has 1 amide bonds. The van der Waals surface area contributed by atoms with E-state index < -0.39 is 41.1 Å². The van der Waals surface area contributed by atoms with Crippen molar-refractivity contribution in [3.8, 4) is 5.69 Å². The molecule has 0 fully saturated rings. The molecule has 1 aliphatic rings. The maximum atomic E-state index is 14.1. The Labute approximate surface area is 254 Å². The predicted octanol–water partition coefficient (Wildman–Crippen LogP) is 5.89. The molecule has 3 aromatic carbocycles. The Balaban J connectivity index is 0.00000242. The highest BCUT2D eigenvalue weighted by Crippen LogP contribution is 2.47. The van der Waals surface area contributed by atoms with Crippen LogP contribution in [-0.4, -0.2) is 34.6 Å². The first-order valence-electron chi connectivity index (χ1n) is 12.7. The summed E-state index contributed by atoms with van der Waals surface area (Å²) in [6.45, 7) is 2.05. The number of fused-ring (bicyclic) bond motifs is 1. The number of hydrogen-bond acceptors (Lipinski definition) is 4. The molecule has 42 heavy (non-hydrogen) atoms. The molecular weight excluding hydrogens is 588 g/mol. The zero-order valence-electron chi connectivity index (χ0n) is 22.5. The Morgan fingerprint density at radius 3 is 2.26 bits per heavy atom. The third-order valence-electron chi connectivity index (χ3n) is 7.13. The molecule has 2 atom stereocenters. The van der Waals surface area contributed by atoms with Crippen LogP contribution >= 0.6 is 27.0 Å². The van der Waals surface area contributed by atoms with Crippen LogP contribution in [0.25, 0.3) is 5.69 Å². The molecule has 12 heteroatoms. The number of nitrogens with zero attached hydrogens (tertiary/aromatic N) is 3. The van der Waals surface area contributed by atoms with E-state index in [-0.39, 0.29) is 52.1 Å². The molecule has 2 N–H and O–H groups in total. The number of anilines is 1. The van der Waals surface area contributed by atoms with E-state index >= 15 is 0 Å². The van der Waals surface area contributed by atoms with Crippen molar-refractivity contribution in [1.29, 1.82) is 0 Å². The average Bonchev–Trinajstić information content (AvgIpc) is 3.28. The molecule has 1 aliphatic heterocycles. The van der Waals surface area contributed by atoms with Gasteiger partial charge in [-0.15, -0.1) is 0 Å². The highest BCUT2D eigenvalue weighted by Gasteiger charge is 2.45. The first-order valence-corrected chi connectivity index (χ1v) is 12.7. The number of Topliss-reactive ketones (excluding diaryl/α,β-unsaturated/α-hetero) is 1. The molecule has 1 aromatic heterocycles. The Morgan fingerprint density at radius 2 is 1.64 bits per heavy atom. The van der Waals surface area contributed by atoms with Gasteiger partial charge >= 0.3 is 6.18 Å². The van der Waals surface area contributed by atoms with Crippen LogP contribution in [0.1, 0.15) is 45.1 Å². The van der Waals surface area contributed by atoms with E-state index in [9.17, 15) is 27.2 Å². The lowest BCUT2D eigenvalue weighted by Gasteiger charge is -2.38. The SMILES string of the molecule is Cc1nn(-c2ccccc2)c2c1[C@H](c1ccc(F)cc1)[C@H](CC(=O)c1cccc(C(F)(F)F)c1)C(=O)N2CCN.S.S. The molecule has 0 saturated heterocycles. The average molecular weight is 619 g/mol. The van der Waals surface area contributed by atoms with Gasteiger partial charge in [0.1, 0.15) is 11.6 Å². The van der Waals surface area contributed by atoms with Crippen LogP contribution in [0.3, 0.4) is 0 Å². The van der Waals surface area contributed by atoms with Crippen LogP contribution in [-0.2, 0) is 11.0 Å². The number of para-hydroxylation sites is 1. The van der Waals surface area contributed by atoms with E-state index in [0.717, 1.165) is 12.1 Å². The molecule has 5 rings (SSSR count). The summed E-state index contributed by atoms with van der Waals surface area (Å²) in [5.41, 5.74) is 7.36. The number of rotatable bonds is 7. The highest BCUT2D eigenvalue weighted by atomic mass is 32.1. The summed E-state index contributed by atoms with van der Waals surface area (Å²) < 4.78 is 55.6. The number of aryl methyl sites for hydroxylation is 1. The largest absolute Gasteiger partial charge is 0.416 e. The lowest BCUT2D eigenvalue weighted by Crippen LogP contribution is -2.47. The Hall–Kier alpha value is -3.61. The molecule has 0 radical (unpaired) electrons. The standard InChI is InChI=1S/C30H26F4N4O2.2H2S/c1-18-26-27(19-10-12-22(31)13-11-19)24(17-25(39)20-6-5-7-21(16-20)30(32,33)34)29(40)37(15-14-35)28(26)38(36-18)23-8-3-2-4-9-23;;/h2-13,16,24,27H,14-15,17,35H2,1H3;2*1H2/t24-,27+;;/m0../s1. The highest BCUT2D eigenvalue weighted by molar-refractivity contribution is 7.59. The smallest absolute Gasteiger partial charge is 0.329 e. The molecule has 0 saturated carbocycles. The van der Waals surface area contributed by atoms with E-state index in [0.29, 0.717) is 28.3 Å². The fraction of sp³-hybridized carbons (Fsp3) is 0.233. The van der Waals surface area contributed by atoms with Gasteiger partial charge < -0.3 is 5.73 Å². The van der Waals surface area contributed by atoms with E-state index in [1.165, 1.54) is 29.2 Å². The second-order valence-electron chi connectivity index (χ2n) is 9.69. The number of hydrogen-bond donors (Lipinski definition) is 1. The Kier molecular flexibility index (Phi) is 10.3. The third-order valence-corrected chi connectivity index (χ3v) is 7.13. The number of carbonyl (C=O) groups is 2. The molecule has 0 aliphatic carbocycles. The zero-order valence-corrected chi connectivity index (χ0v) is 24.5. The third kappa shape index (κ3) is 6.25. The van der Waals surface area contributed by atoms with Gasteiger partial charge in [0.25, 0.3) is 0 Å². The molecule has 6 nitrogen and oxygen atoms in total. The Morgan fingerprint density at radius 1 is 0.976 bits per heavy atom. The summed E-state index contributed by atoms with van der Waals surface area (Å²) >= 11 is 0. The lowest BCUT2D eigenvalue weighted by atomic mass is 9.74. The quantitative estimate of drug-likeness (QED) is 0.207. The molecule has 0 bridgehead atoms. The van der Waals surface area contributed by atoms with Crippen molar-refractivity contribution in [1.82, 2.24) is 9.78 Å². The molecule has 222 valence electrons. The van der Waals surface area contributed by atoms with E-state index in [4.69, 9.17) is 10.8 Å². The van der Waals surface area contributed by atoms with Crippen molar-refractivity contribution in [3.05, 3.63) is 113 Å². The van der Waals surface area contributed by atoms with Crippen LogP contribution in [0.4, 0.5) is 23.4 Å². The normalized spacial score (nSPS) is 16.3. The van der Waals surface area contributed by atoms with Crippen LogP contribution < -0.4 is 10.6 Å². The molecule has 0 spiro atoms. The second-order valence-corrected chi connectivity index (χ2v) is 9.69. The van der Waals surface area contributed by atoms with Gasteiger partial charge in [-0.1, -0.05) is 42.5 Å². The fourth-order valence-electron chi connectivity index (χ4n) is 5.35. The number of alkyl halides is 3. The van der Waals surface area contributed by atoms with Crippen molar-refractivity contribution < 1.29 is 27.2 Å². The van der Waals surface area contributed by atoms with Gasteiger partial charge in [0, 0.05) is 36.6 Å². The second kappa shape index (κ2) is 13.1. The number of ketones is 1. The summed E-state index contributed by atoms with van der Waals surface area (Å²) in [4.78, 5) is 29.0. The van der Waals surface area contributed by atoms with Gasteiger partial charge in [-0.3, -0.25) is 14.5 Å². The first kappa shape index (κ1) is 32.9. The first-order chi connectivity index (χ1) is 19.1. The zero-order chi connectivity index (χ0) is 28.6. The molecule has 0 unspecified atom stereocenters. The van der Waals surface area contributed by atoms with E-state index in [2.05, 4.69) is 0 Å². The number of amides is 1.